The van der Waals surface area contributed by atoms with Crippen molar-refractivity contribution in [2.75, 3.05) is 37.7 Å². The third-order valence-electron chi connectivity index (χ3n) is 8.53. The number of aliphatic imine (C=N–C) groups is 1. The minimum absolute atomic E-state index is 0.00320. The molecule has 2 unspecified atom stereocenters. The van der Waals surface area contributed by atoms with E-state index in [1.54, 1.807) is 0 Å². The number of pyridine rings is 1. The zero-order valence-electron chi connectivity index (χ0n) is 22.9. The monoisotopic (exact) mass is 574 g/mol. The van der Waals surface area contributed by atoms with Gasteiger partial charge in [-0.3, -0.25) is 4.90 Å². The fourth-order valence-corrected chi connectivity index (χ4v) is 6.74. The highest BCUT2D eigenvalue weighted by atomic mass is 19.4. The zero-order chi connectivity index (χ0) is 28.8. The molecule has 0 aliphatic carbocycles. The topological polar surface area (TPSA) is 105 Å². The highest BCUT2D eigenvalue weighted by Crippen LogP contribution is 2.39. The van der Waals surface area contributed by atoms with E-state index in [9.17, 15) is 13.2 Å². The Bertz CT molecular complexity index is 1390. The Hall–Kier alpha value is -3.32. The van der Waals surface area contributed by atoms with Gasteiger partial charge in [-0.15, -0.1) is 0 Å². The molecule has 6 heterocycles. The standard InChI is InChI=1S/C28H34F4N8O/c1-17(12-28(30,31)32)10-23(33)34-13-22-21(29)11-20-24(36-22)37-26(41-16-27-6-2-8-40(27)9-3-7-27)38-25(20)39-14-18-4-5-19(15-39)35-18/h10-13,18-19,35H,2-9,14-16,33H2,1H3/b17-12+,23-10-,34-13+. The van der Waals surface area contributed by atoms with Crippen LogP contribution < -0.4 is 20.7 Å². The molecule has 0 radical (unpaired) electrons. The number of nitrogens with two attached hydrogens (primary N) is 1. The smallest absolute Gasteiger partial charge is 0.410 e. The number of ether oxygens (including phenoxy) is 1. The van der Waals surface area contributed by atoms with Crippen molar-refractivity contribution < 1.29 is 22.3 Å². The van der Waals surface area contributed by atoms with Gasteiger partial charge >= 0.3 is 12.2 Å². The normalized spacial score (nSPS) is 25.0. The largest absolute Gasteiger partial charge is 0.461 e. The summed E-state index contributed by atoms with van der Waals surface area (Å²) in [6.07, 6.45) is 4.36. The predicted molar refractivity (Wildman–Crippen MR) is 147 cm³/mol. The molecule has 6 rings (SSSR count). The molecule has 13 heteroatoms. The number of nitrogens with zero attached hydrogens (tertiary/aromatic N) is 6. The van der Waals surface area contributed by atoms with E-state index in [1.165, 1.54) is 13.0 Å². The summed E-state index contributed by atoms with van der Waals surface area (Å²) >= 11 is 0. The lowest BCUT2D eigenvalue weighted by Crippen LogP contribution is -2.51. The van der Waals surface area contributed by atoms with Crippen LogP contribution >= 0.6 is 0 Å². The number of alkyl halides is 3. The van der Waals surface area contributed by atoms with Crippen LogP contribution in [-0.2, 0) is 0 Å². The quantitative estimate of drug-likeness (QED) is 0.292. The lowest BCUT2D eigenvalue weighted by Gasteiger charge is -2.34. The second-order valence-electron chi connectivity index (χ2n) is 11.6. The van der Waals surface area contributed by atoms with Crippen LogP contribution in [0.3, 0.4) is 0 Å². The summed E-state index contributed by atoms with van der Waals surface area (Å²) in [6, 6.07) is 2.19. The summed E-state index contributed by atoms with van der Waals surface area (Å²) in [5.41, 5.74) is 5.75. The summed E-state index contributed by atoms with van der Waals surface area (Å²) in [7, 11) is 0. The van der Waals surface area contributed by atoms with E-state index in [0.29, 0.717) is 29.9 Å². The lowest BCUT2D eigenvalue weighted by atomic mass is 9.95. The fraction of sp³-hybridized carbons (Fsp3) is 0.571. The molecule has 0 aromatic carbocycles. The summed E-state index contributed by atoms with van der Waals surface area (Å²) in [6.45, 7) is 5.34. The van der Waals surface area contributed by atoms with Crippen molar-refractivity contribution in [3.63, 3.8) is 0 Å². The van der Waals surface area contributed by atoms with Gasteiger partial charge in [0.2, 0.25) is 0 Å². The van der Waals surface area contributed by atoms with Gasteiger partial charge in [0.1, 0.15) is 23.9 Å². The summed E-state index contributed by atoms with van der Waals surface area (Å²) < 4.78 is 59.3. The van der Waals surface area contributed by atoms with E-state index in [1.807, 2.05) is 0 Å². The number of allylic oxidation sites excluding steroid dienone is 3. The summed E-state index contributed by atoms with van der Waals surface area (Å²) in [5.74, 6) is -0.303. The first-order valence-electron chi connectivity index (χ1n) is 14.1. The molecule has 2 aromatic rings. The Labute approximate surface area is 235 Å². The second-order valence-corrected chi connectivity index (χ2v) is 11.6. The maximum Gasteiger partial charge on any atom is 0.410 e. The Balaban J connectivity index is 1.32. The molecule has 220 valence electrons. The number of aromatic nitrogens is 3. The Morgan fingerprint density at radius 3 is 2.56 bits per heavy atom. The van der Waals surface area contributed by atoms with Crippen molar-refractivity contribution in [2.45, 2.75) is 69.2 Å². The molecule has 0 spiro atoms. The molecule has 2 bridgehead atoms. The first kappa shape index (κ1) is 27.8. The van der Waals surface area contributed by atoms with Crippen LogP contribution in [0.4, 0.5) is 23.4 Å². The lowest BCUT2D eigenvalue weighted by molar-refractivity contribution is -0.0803. The number of nitrogens with one attached hydrogen (secondary N) is 1. The van der Waals surface area contributed by atoms with Crippen molar-refractivity contribution in [1.29, 1.82) is 0 Å². The number of piperazine rings is 1. The van der Waals surface area contributed by atoms with Crippen LogP contribution in [0, 0.1) is 5.82 Å². The molecule has 4 aliphatic heterocycles. The number of anilines is 1. The SMILES string of the molecule is CC(/C=C(N)\N=C\c1nc2nc(OCC34CCCN3CCC4)nc(N3CC4CCC(C3)N4)c2cc1F)=C\C(F)(F)F. The van der Waals surface area contributed by atoms with Crippen molar-refractivity contribution in [1.82, 2.24) is 25.2 Å². The van der Waals surface area contributed by atoms with E-state index in [4.69, 9.17) is 15.5 Å². The molecule has 4 aliphatic rings. The van der Waals surface area contributed by atoms with Gasteiger partial charge in [-0.2, -0.15) is 23.1 Å². The highest BCUT2D eigenvalue weighted by Gasteiger charge is 2.45. The second kappa shape index (κ2) is 10.8. The highest BCUT2D eigenvalue weighted by molar-refractivity contribution is 5.91. The van der Waals surface area contributed by atoms with Crippen LogP contribution in [0.15, 0.2) is 34.6 Å². The first-order chi connectivity index (χ1) is 19.6. The number of halogens is 4. The van der Waals surface area contributed by atoms with Crippen LogP contribution in [0.5, 0.6) is 6.01 Å². The van der Waals surface area contributed by atoms with Gasteiger partial charge in [0, 0.05) is 31.2 Å². The van der Waals surface area contributed by atoms with E-state index in [-0.39, 0.29) is 40.4 Å². The van der Waals surface area contributed by atoms with Crippen molar-refractivity contribution in [3.8, 4) is 6.01 Å². The van der Waals surface area contributed by atoms with Crippen molar-refractivity contribution >= 4 is 23.1 Å². The van der Waals surface area contributed by atoms with Crippen molar-refractivity contribution in [3.05, 3.63) is 41.1 Å². The Morgan fingerprint density at radius 1 is 1.17 bits per heavy atom. The molecular weight excluding hydrogens is 540 g/mol. The Kier molecular flexibility index (Phi) is 7.35. The van der Waals surface area contributed by atoms with E-state index < -0.39 is 12.0 Å². The third-order valence-corrected chi connectivity index (χ3v) is 8.53. The van der Waals surface area contributed by atoms with E-state index >= 15 is 4.39 Å². The molecule has 41 heavy (non-hydrogen) atoms. The minimum Gasteiger partial charge on any atom is -0.461 e. The maximum atomic E-state index is 15.3. The van der Waals surface area contributed by atoms with E-state index in [0.717, 1.165) is 77.0 Å². The first-order valence-corrected chi connectivity index (χ1v) is 14.1. The molecule has 2 atom stereocenters. The number of fused-ring (bicyclic) bond motifs is 4. The molecular formula is C28H34F4N8O. The number of hydrogen-bond donors (Lipinski definition) is 2. The van der Waals surface area contributed by atoms with Gasteiger partial charge in [-0.1, -0.05) is 0 Å². The van der Waals surface area contributed by atoms with Gasteiger partial charge in [0.05, 0.1) is 17.1 Å². The summed E-state index contributed by atoms with van der Waals surface area (Å²) in [4.78, 5) is 22.3. The molecule has 2 aromatic heterocycles. The molecule has 9 nitrogen and oxygen atoms in total. The van der Waals surface area contributed by atoms with Gasteiger partial charge in [-0.05, 0) is 76.3 Å². The summed E-state index contributed by atoms with van der Waals surface area (Å²) in [5, 5.41) is 4.06. The molecule has 0 amide bonds. The number of hydrogen-bond acceptors (Lipinski definition) is 9. The molecule has 4 fully saturated rings. The predicted octanol–water partition coefficient (Wildman–Crippen LogP) is 3.84. The van der Waals surface area contributed by atoms with Gasteiger partial charge in [0.25, 0.3) is 0 Å². The Morgan fingerprint density at radius 2 is 1.88 bits per heavy atom. The van der Waals surface area contributed by atoms with Gasteiger partial charge < -0.3 is 20.7 Å². The maximum absolute atomic E-state index is 15.3. The van der Waals surface area contributed by atoms with E-state index in [2.05, 4.69) is 30.1 Å². The number of rotatable bonds is 7. The van der Waals surface area contributed by atoms with Crippen LogP contribution in [0.25, 0.3) is 11.0 Å². The van der Waals surface area contributed by atoms with Crippen LogP contribution in [0.2, 0.25) is 0 Å². The zero-order valence-corrected chi connectivity index (χ0v) is 22.9. The van der Waals surface area contributed by atoms with Gasteiger partial charge in [-0.25, -0.2) is 14.4 Å². The fourth-order valence-electron chi connectivity index (χ4n) is 6.74. The minimum atomic E-state index is -4.48. The average molecular weight is 575 g/mol. The van der Waals surface area contributed by atoms with Crippen molar-refractivity contribution in [2.24, 2.45) is 10.7 Å². The van der Waals surface area contributed by atoms with Crippen LogP contribution in [0.1, 0.15) is 51.1 Å². The molecule has 4 saturated heterocycles. The molecule has 0 saturated carbocycles. The third kappa shape index (κ3) is 6.01. The van der Waals surface area contributed by atoms with Crippen LogP contribution in [-0.4, -0.2) is 82.7 Å². The molecule has 3 N–H and O–H groups in total. The van der Waals surface area contributed by atoms with Gasteiger partial charge in [0.15, 0.2) is 11.5 Å². The average Bonchev–Trinajstić information content (AvgIpc) is 3.58.